The Morgan fingerprint density at radius 2 is 1.81 bits per heavy atom. The van der Waals surface area contributed by atoms with E-state index in [1.807, 2.05) is 30.3 Å². The van der Waals surface area contributed by atoms with Crippen molar-refractivity contribution in [1.82, 2.24) is 10.0 Å². The van der Waals surface area contributed by atoms with Gasteiger partial charge in [-0.15, -0.1) is 0 Å². The first kappa shape index (κ1) is 20.5. The average Bonchev–Trinajstić information content (AvgIpc) is 2.67. The highest BCUT2D eigenvalue weighted by molar-refractivity contribution is 7.89. The molecule has 27 heavy (non-hydrogen) atoms. The van der Waals surface area contributed by atoms with Crippen LogP contribution in [-0.4, -0.2) is 33.9 Å². The van der Waals surface area contributed by atoms with Crippen molar-refractivity contribution in [1.29, 1.82) is 0 Å². The molecule has 0 aromatic heterocycles. The van der Waals surface area contributed by atoms with Crippen LogP contribution in [0.1, 0.15) is 28.9 Å². The second-order valence-electron chi connectivity index (χ2n) is 5.63. The molecule has 7 nitrogen and oxygen atoms in total. The van der Waals surface area contributed by atoms with Gasteiger partial charge in [-0.3, -0.25) is 4.79 Å². The quantitative estimate of drug-likeness (QED) is 0.697. The number of sulfonamides is 1. The first-order valence-corrected chi connectivity index (χ1v) is 9.47. The number of amides is 1. The van der Waals surface area contributed by atoms with E-state index in [4.69, 9.17) is 4.74 Å². The summed E-state index contributed by atoms with van der Waals surface area (Å²) in [5.41, 5.74) is 0.295. The molecular formula is C18H19FN2O5S. The molecule has 2 aromatic rings. The lowest BCUT2D eigenvalue weighted by atomic mass is 10.1. The number of rotatable bonds is 7. The van der Waals surface area contributed by atoms with Crippen molar-refractivity contribution in [3.8, 4) is 0 Å². The molecule has 9 heteroatoms. The molecule has 0 bridgehead atoms. The Labute approximate surface area is 156 Å². The number of halogens is 1. The van der Waals surface area contributed by atoms with Gasteiger partial charge < -0.3 is 10.1 Å². The fraction of sp³-hybridized carbons (Fsp3) is 0.222. The van der Waals surface area contributed by atoms with Gasteiger partial charge in [0, 0.05) is 0 Å². The van der Waals surface area contributed by atoms with E-state index in [1.165, 1.54) is 7.05 Å². The van der Waals surface area contributed by atoms with Crippen LogP contribution < -0.4 is 10.0 Å². The van der Waals surface area contributed by atoms with Crippen LogP contribution in [0.2, 0.25) is 0 Å². The number of esters is 1. The standard InChI is InChI=1S/C18H19FN2O5S/c1-12(13-6-4-3-5-7-13)21-17(22)11-26-18(23)15-10-14(8-9-16(15)19)27(24,25)20-2/h3-10,12,20H,11H2,1-2H3,(H,21,22). The molecule has 0 radical (unpaired) electrons. The van der Waals surface area contributed by atoms with E-state index in [0.29, 0.717) is 0 Å². The molecule has 0 fully saturated rings. The van der Waals surface area contributed by atoms with Crippen LogP contribution in [0.5, 0.6) is 0 Å². The van der Waals surface area contributed by atoms with Crippen molar-refractivity contribution in [2.24, 2.45) is 0 Å². The molecule has 1 unspecified atom stereocenters. The molecule has 1 atom stereocenters. The molecule has 0 heterocycles. The van der Waals surface area contributed by atoms with E-state index in [9.17, 15) is 22.4 Å². The van der Waals surface area contributed by atoms with Gasteiger partial charge in [0.1, 0.15) is 5.82 Å². The Hall–Kier alpha value is -2.78. The number of benzene rings is 2. The summed E-state index contributed by atoms with van der Waals surface area (Å²) in [5, 5.41) is 2.65. The Morgan fingerprint density at radius 3 is 2.44 bits per heavy atom. The van der Waals surface area contributed by atoms with Crippen LogP contribution in [0.4, 0.5) is 4.39 Å². The fourth-order valence-corrected chi connectivity index (χ4v) is 3.02. The zero-order valence-corrected chi connectivity index (χ0v) is 15.5. The molecule has 1 amide bonds. The van der Waals surface area contributed by atoms with Crippen molar-refractivity contribution < 1.29 is 27.1 Å². The summed E-state index contributed by atoms with van der Waals surface area (Å²) < 4.78 is 44.2. The van der Waals surface area contributed by atoms with Gasteiger partial charge in [-0.05, 0) is 37.7 Å². The molecule has 0 saturated heterocycles. The van der Waals surface area contributed by atoms with Gasteiger partial charge in [-0.1, -0.05) is 30.3 Å². The van der Waals surface area contributed by atoms with Gasteiger partial charge in [0.15, 0.2) is 6.61 Å². The van der Waals surface area contributed by atoms with Crippen molar-refractivity contribution in [3.63, 3.8) is 0 Å². The lowest BCUT2D eigenvalue weighted by molar-refractivity contribution is -0.124. The summed E-state index contributed by atoms with van der Waals surface area (Å²) >= 11 is 0. The number of hydrogen-bond donors (Lipinski definition) is 2. The van der Waals surface area contributed by atoms with Crippen LogP contribution in [0.15, 0.2) is 53.4 Å². The molecule has 0 aliphatic heterocycles. The smallest absolute Gasteiger partial charge is 0.341 e. The van der Waals surface area contributed by atoms with E-state index in [-0.39, 0.29) is 10.9 Å². The maximum atomic E-state index is 13.9. The molecule has 2 rings (SSSR count). The Balaban J connectivity index is 2.01. The second-order valence-corrected chi connectivity index (χ2v) is 7.51. The van der Waals surface area contributed by atoms with Crippen molar-refractivity contribution in [2.45, 2.75) is 17.9 Å². The lowest BCUT2D eigenvalue weighted by Crippen LogP contribution is -2.31. The minimum absolute atomic E-state index is 0.291. The van der Waals surface area contributed by atoms with Crippen LogP contribution >= 0.6 is 0 Å². The highest BCUT2D eigenvalue weighted by Gasteiger charge is 2.20. The normalized spacial score (nSPS) is 12.3. The van der Waals surface area contributed by atoms with Gasteiger partial charge in [0.05, 0.1) is 16.5 Å². The largest absolute Gasteiger partial charge is 0.452 e. The topological polar surface area (TPSA) is 102 Å². The van der Waals surface area contributed by atoms with E-state index < -0.39 is 39.9 Å². The molecule has 0 saturated carbocycles. The summed E-state index contributed by atoms with van der Waals surface area (Å²) in [5.74, 6) is -2.66. The van der Waals surface area contributed by atoms with Gasteiger partial charge in [-0.25, -0.2) is 22.3 Å². The first-order valence-electron chi connectivity index (χ1n) is 7.99. The van der Waals surface area contributed by atoms with Crippen LogP contribution in [-0.2, 0) is 19.6 Å². The monoisotopic (exact) mass is 394 g/mol. The summed E-state index contributed by atoms with van der Waals surface area (Å²) in [6.07, 6.45) is 0. The predicted molar refractivity (Wildman–Crippen MR) is 95.9 cm³/mol. The maximum Gasteiger partial charge on any atom is 0.341 e. The number of hydrogen-bond acceptors (Lipinski definition) is 5. The number of ether oxygens (including phenoxy) is 1. The van der Waals surface area contributed by atoms with Gasteiger partial charge in [0.25, 0.3) is 5.91 Å². The first-order chi connectivity index (χ1) is 12.7. The van der Waals surface area contributed by atoms with Gasteiger partial charge in [-0.2, -0.15) is 0 Å². The van der Waals surface area contributed by atoms with E-state index in [1.54, 1.807) is 6.92 Å². The molecule has 144 valence electrons. The molecule has 0 spiro atoms. The number of carbonyl (C=O) groups excluding carboxylic acids is 2. The van der Waals surface area contributed by atoms with Crippen molar-refractivity contribution in [3.05, 3.63) is 65.5 Å². The van der Waals surface area contributed by atoms with Crippen molar-refractivity contribution >= 4 is 21.9 Å². The number of carbonyl (C=O) groups is 2. The van der Waals surface area contributed by atoms with Gasteiger partial charge >= 0.3 is 5.97 Å². The molecular weight excluding hydrogens is 375 g/mol. The van der Waals surface area contributed by atoms with Crippen LogP contribution in [0.3, 0.4) is 0 Å². The SMILES string of the molecule is CNS(=O)(=O)c1ccc(F)c(C(=O)OCC(=O)NC(C)c2ccccc2)c1. The summed E-state index contributed by atoms with van der Waals surface area (Å²) in [7, 11) is -2.66. The summed E-state index contributed by atoms with van der Waals surface area (Å²) in [4.78, 5) is 23.7. The Kier molecular flexibility index (Phi) is 6.65. The van der Waals surface area contributed by atoms with Crippen LogP contribution in [0.25, 0.3) is 0 Å². The molecule has 2 N–H and O–H groups in total. The third-order valence-corrected chi connectivity index (χ3v) is 5.16. The van der Waals surface area contributed by atoms with E-state index >= 15 is 0 Å². The lowest BCUT2D eigenvalue weighted by Gasteiger charge is -2.14. The Morgan fingerprint density at radius 1 is 1.15 bits per heavy atom. The summed E-state index contributed by atoms with van der Waals surface area (Å²) in [6.45, 7) is 1.14. The maximum absolute atomic E-state index is 13.9. The Bertz CT molecular complexity index is 932. The minimum atomic E-state index is -3.85. The third kappa shape index (κ3) is 5.35. The minimum Gasteiger partial charge on any atom is -0.452 e. The second kappa shape index (κ2) is 8.74. The molecule has 0 aliphatic carbocycles. The van der Waals surface area contributed by atoms with E-state index in [0.717, 1.165) is 23.8 Å². The van der Waals surface area contributed by atoms with Crippen LogP contribution in [0, 0.1) is 5.82 Å². The molecule has 2 aromatic carbocycles. The zero-order chi connectivity index (χ0) is 20.0. The fourth-order valence-electron chi connectivity index (χ4n) is 2.26. The molecule has 0 aliphatic rings. The highest BCUT2D eigenvalue weighted by Crippen LogP contribution is 2.16. The highest BCUT2D eigenvalue weighted by atomic mass is 32.2. The zero-order valence-electron chi connectivity index (χ0n) is 14.7. The predicted octanol–water partition coefficient (Wildman–Crippen LogP) is 1.77. The average molecular weight is 394 g/mol. The third-order valence-electron chi connectivity index (χ3n) is 3.75. The van der Waals surface area contributed by atoms with E-state index in [2.05, 4.69) is 10.0 Å². The van der Waals surface area contributed by atoms with Crippen molar-refractivity contribution in [2.75, 3.05) is 13.7 Å². The van der Waals surface area contributed by atoms with Gasteiger partial charge in [0.2, 0.25) is 10.0 Å². The number of nitrogens with one attached hydrogen (secondary N) is 2. The summed E-state index contributed by atoms with van der Waals surface area (Å²) in [6, 6.07) is 11.6.